The monoisotopic (exact) mass is 599 g/mol. The van der Waals surface area contributed by atoms with Crippen molar-refractivity contribution in [1.82, 2.24) is 8.87 Å². The molecule has 1 aliphatic rings. The number of rotatable bonds is 8. The number of nitrogens with one attached hydrogen (secondary N) is 1. The topological polar surface area (TPSA) is 97.7 Å². The Labute approximate surface area is 248 Å². The van der Waals surface area contributed by atoms with Crippen LogP contribution in [0.15, 0.2) is 95.9 Å². The maximum atomic E-state index is 13.6. The summed E-state index contributed by atoms with van der Waals surface area (Å²) in [6.45, 7) is 2.51. The van der Waals surface area contributed by atoms with E-state index in [1.807, 2.05) is 48.5 Å². The van der Waals surface area contributed by atoms with Crippen LogP contribution in [0.2, 0.25) is 0 Å². The van der Waals surface area contributed by atoms with Crippen molar-refractivity contribution in [2.75, 3.05) is 18.5 Å². The number of carbonyl (C=O) groups is 2. The van der Waals surface area contributed by atoms with Gasteiger partial charge in [0.1, 0.15) is 5.82 Å². The summed E-state index contributed by atoms with van der Waals surface area (Å²) in [4.78, 5) is 25.7. The Morgan fingerprint density at radius 1 is 0.930 bits per heavy atom. The molecule has 8 nitrogen and oxygen atoms in total. The number of hydrogen-bond donors (Lipinski definition) is 1. The number of para-hydroxylation sites is 1. The first-order valence-corrected chi connectivity index (χ1v) is 15.5. The van der Waals surface area contributed by atoms with Crippen molar-refractivity contribution >= 4 is 49.4 Å². The summed E-state index contributed by atoms with van der Waals surface area (Å²) in [5.74, 6) is -1.77. The molecular formula is C33H30FN3O5S. The van der Waals surface area contributed by atoms with Crippen LogP contribution in [0.3, 0.4) is 0 Å². The number of nitrogens with zero attached hydrogens (tertiary/aromatic N) is 2. The van der Waals surface area contributed by atoms with Gasteiger partial charge in [-0.2, -0.15) is 4.31 Å². The van der Waals surface area contributed by atoms with Crippen molar-refractivity contribution in [3.8, 4) is 0 Å². The highest BCUT2D eigenvalue weighted by Gasteiger charge is 2.38. The molecule has 0 spiro atoms. The highest BCUT2D eigenvalue weighted by atomic mass is 32.2. The van der Waals surface area contributed by atoms with Gasteiger partial charge < -0.3 is 14.6 Å². The Balaban J connectivity index is 1.16. The minimum Gasteiger partial charge on any atom is -0.456 e. The number of ether oxygens (including phenoxy) is 1. The molecule has 43 heavy (non-hydrogen) atoms. The van der Waals surface area contributed by atoms with Gasteiger partial charge in [0.2, 0.25) is 10.0 Å². The fraction of sp³-hybridized carbons (Fsp3) is 0.212. The smallest absolute Gasteiger partial charge is 0.308 e. The molecule has 1 amide bonds. The quantitative estimate of drug-likeness (QED) is 0.227. The molecule has 220 valence electrons. The largest absolute Gasteiger partial charge is 0.456 e. The number of esters is 1. The van der Waals surface area contributed by atoms with Gasteiger partial charge in [0.05, 0.1) is 17.4 Å². The van der Waals surface area contributed by atoms with E-state index in [9.17, 15) is 22.4 Å². The van der Waals surface area contributed by atoms with Crippen LogP contribution in [-0.2, 0) is 37.3 Å². The number of halogens is 1. The molecule has 6 rings (SSSR count). The van der Waals surface area contributed by atoms with Gasteiger partial charge in [-0.25, -0.2) is 12.8 Å². The molecule has 1 atom stereocenters. The number of aryl methyl sites for hydroxylation is 1. The minimum absolute atomic E-state index is 0.0648. The zero-order valence-corrected chi connectivity index (χ0v) is 24.3. The molecule has 0 fully saturated rings. The lowest BCUT2D eigenvalue weighted by atomic mass is 9.92. The predicted molar refractivity (Wildman–Crippen MR) is 163 cm³/mol. The SMILES string of the molecule is CCn1c2ccccc2c2cc(NC(=O)COC(=O)C[C@@H]3c4ccccc4CCN3S(=O)(=O)c3ccc(F)cc3)ccc21. The van der Waals surface area contributed by atoms with Gasteiger partial charge in [-0.15, -0.1) is 0 Å². The van der Waals surface area contributed by atoms with Crippen molar-refractivity contribution < 1.29 is 27.1 Å². The van der Waals surface area contributed by atoms with Crippen molar-refractivity contribution in [3.05, 3.63) is 108 Å². The Bertz CT molecular complexity index is 1950. The number of amides is 1. The lowest BCUT2D eigenvalue weighted by Crippen LogP contribution is -2.41. The van der Waals surface area contributed by atoms with Crippen LogP contribution in [0, 0.1) is 5.82 Å². The van der Waals surface area contributed by atoms with Crippen molar-refractivity contribution in [3.63, 3.8) is 0 Å². The Morgan fingerprint density at radius 2 is 1.65 bits per heavy atom. The van der Waals surface area contributed by atoms with Gasteiger partial charge >= 0.3 is 5.97 Å². The molecule has 0 unspecified atom stereocenters. The Hall–Kier alpha value is -4.54. The summed E-state index contributed by atoms with van der Waals surface area (Å²) in [5.41, 5.74) is 4.37. The summed E-state index contributed by atoms with van der Waals surface area (Å²) in [6, 6.07) is 24.8. The average molecular weight is 600 g/mol. The molecule has 0 radical (unpaired) electrons. The standard InChI is InChI=1S/C33H30FN3O5S/c1-2-36-29-10-6-5-9-27(29)28-19-24(13-16-30(28)36)35-32(38)21-42-33(39)20-31-26-8-4-3-7-22(26)17-18-37(31)43(40,41)25-14-11-23(34)12-15-25/h3-16,19,31H,2,17-18,20-21H2,1H3,(H,35,38)/t31-/m1/s1. The van der Waals surface area contributed by atoms with Gasteiger partial charge in [0, 0.05) is 40.6 Å². The van der Waals surface area contributed by atoms with Crippen molar-refractivity contribution in [2.45, 2.75) is 37.2 Å². The molecule has 0 aliphatic carbocycles. The molecular weight excluding hydrogens is 569 g/mol. The number of sulfonamides is 1. The first-order chi connectivity index (χ1) is 20.8. The van der Waals surface area contributed by atoms with E-state index in [0.717, 1.165) is 46.0 Å². The zero-order chi connectivity index (χ0) is 30.1. The normalized spacial score (nSPS) is 15.3. The maximum Gasteiger partial charge on any atom is 0.308 e. The third kappa shape index (κ3) is 5.51. The lowest BCUT2D eigenvalue weighted by Gasteiger charge is -2.36. The third-order valence-electron chi connectivity index (χ3n) is 7.88. The fourth-order valence-corrected chi connectivity index (χ4v) is 7.51. The van der Waals surface area contributed by atoms with E-state index in [1.54, 1.807) is 12.1 Å². The van der Waals surface area contributed by atoms with Crippen LogP contribution >= 0.6 is 0 Å². The third-order valence-corrected chi connectivity index (χ3v) is 9.80. The highest BCUT2D eigenvalue weighted by molar-refractivity contribution is 7.89. The average Bonchev–Trinajstić information content (AvgIpc) is 3.33. The maximum absolute atomic E-state index is 13.6. The molecule has 10 heteroatoms. The number of anilines is 1. The Kier molecular flexibility index (Phi) is 7.72. The van der Waals surface area contributed by atoms with Crippen LogP contribution in [0.4, 0.5) is 10.1 Å². The van der Waals surface area contributed by atoms with Crippen LogP contribution < -0.4 is 5.32 Å². The van der Waals surface area contributed by atoms with E-state index < -0.39 is 40.4 Å². The summed E-state index contributed by atoms with van der Waals surface area (Å²) < 4.78 is 49.4. The molecule has 0 saturated heterocycles. The number of fused-ring (bicyclic) bond motifs is 4. The van der Waals surface area contributed by atoms with Crippen LogP contribution in [0.5, 0.6) is 0 Å². The second-order valence-electron chi connectivity index (χ2n) is 10.4. The van der Waals surface area contributed by atoms with E-state index in [-0.39, 0.29) is 17.9 Å². The number of benzene rings is 4. The summed E-state index contributed by atoms with van der Waals surface area (Å²) in [5, 5.41) is 4.88. The Morgan fingerprint density at radius 3 is 2.44 bits per heavy atom. The fourth-order valence-electron chi connectivity index (χ4n) is 5.90. The minimum atomic E-state index is -4.04. The molecule has 0 bridgehead atoms. The first-order valence-electron chi connectivity index (χ1n) is 14.1. The van der Waals surface area contributed by atoms with Crippen molar-refractivity contribution in [1.29, 1.82) is 0 Å². The number of carbonyl (C=O) groups excluding carboxylic acids is 2. The van der Waals surface area contributed by atoms with E-state index in [4.69, 9.17) is 4.74 Å². The first kappa shape index (κ1) is 28.6. The molecule has 0 saturated carbocycles. The van der Waals surface area contributed by atoms with Gasteiger partial charge in [0.25, 0.3) is 5.91 Å². The highest BCUT2D eigenvalue weighted by Crippen LogP contribution is 2.37. The predicted octanol–water partition coefficient (Wildman–Crippen LogP) is 5.81. The number of hydrogen-bond acceptors (Lipinski definition) is 5. The molecule has 1 aromatic heterocycles. The van der Waals surface area contributed by atoms with Gasteiger partial charge in [-0.1, -0.05) is 42.5 Å². The molecule has 2 heterocycles. The lowest BCUT2D eigenvalue weighted by molar-refractivity contribution is -0.148. The van der Waals surface area contributed by atoms with Gasteiger partial charge in [0.15, 0.2) is 6.61 Å². The van der Waals surface area contributed by atoms with Gasteiger partial charge in [-0.05, 0) is 73.0 Å². The summed E-state index contributed by atoms with van der Waals surface area (Å²) in [7, 11) is -4.04. The van der Waals surface area contributed by atoms with Gasteiger partial charge in [-0.3, -0.25) is 9.59 Å². The molecule has 1 aliphatic heterocycles. The molecule has 4 aromatic carbocycles. The van der Waals surface area contributed by atoms with Crippen LogP contribution in [-0.4, -0.2) is 42.3 Å². The van der Waals surface area contributed by atoms with E-state index in [2.05, 4.69) is 22.9 Å². The van der Waals surface area contributed by atoms with E-state index in [1.165, 1.54) is 16.4 Å². The van der Waals surface area contributed by atoms with E-state index >= 15 is 0 Å². The second kappa shape index (κ2) is 11.6. The molecule has 1 N–H and O–H groups in total. The van der Waals surface area contributed by atoms with Crippen LogP contribution in [0.1, 0.15) is 30.5 Å². The van der Waals surface area contributed by atoms with E-state index in [0.29, 0.717) is 17.7 Å². The number of aromatic nitrogens is 1. The second-order valence-corrected chi connectivity index (χ2v) is 12.3. The van der Waals surface area contributed by atoms with Crippen LogP contribution in [0.25, 0.3) is 21.8 Å². The zero-order valence-electron chi connectivity index (χ0n) is 23.5. The van der Waals surface area contributed by atoms with Crippen molar-refractivity contribution in [2.24, 2.45) is 0 Å². The summed E-state index contributed by atoms with van der Waals surface area (Å²) >= 11 is 0. The summed E-state index contributed by atoms with van der Waals surface area (Å²) in [6.07, 6.45) is 0.180. The molecule has 5 aromatic rings.